The van der Waals surface area contributed by atoms with E-state index in [1.807, 2.05) is 11.9 Å². The highest BCUT2D eigenvalue weighted by Crippen LogP contribution is 2.28. The number of piperidine rings is 1. The van der Waals surface area contributed by atoms with E-state index >= 15 is 0 Å². The number of nitrogens with one attached hydrogen (secondary N) is 3. The molecular formula is C24H27ClFN5O3. The van der Waals surface area contributed by atoms with Crippen LogP contribution in [0.15, 0.2) is 42.5 Å². The number of likely N-dealkylation sites (N-methyl/N-ethyl adjacent to an activating group) is 1. The molecule has 2 aliphatic rings. The molecule has 180 valence electrons. The average Bonchev–Trinajstić information content (AvgIpc) is 3.18. The molecule has 0 saturated carbocycles. The van der Waals surface area contributed by atoms with Crippen LogP contribution in [0.25, 0.3) is 0 Å². The molecule has 4 rings (SSSR count). The number of nitrogens with zero attached hydrogens (tertiary/aromatic N) is 2. The Hall–Kier alpha value is -3.17. The Balaban J connectivity index is 1.47. The lowest BCUT2D eigenvalue weighted by atomic mass is 9.97. The van der Waals surface area contributed by atoms with Gasteiger partial charge in [0.15, 0.2) is 0 Å². The molecule has 2 aliphatic heterocycles. The minimum absolute atomic E-state index is 0.00736. The zero-order valence-electron chi connectivity index (χ0n) is 18.9. The minimum atomic E-state index is -1.24. The Labute approximate surface area is 202 Å². The first-order valence-corrected chi connectivity index (χ1v) is 11.6. The fourth-order valence-corrected chi connectivity index (χ4v) is 4.48. The van der Waals surface area contributed by atoms with Crippen molar-refractivity contribution in [2.45, 2.75) is 31.2 Å². The number of urea groups is 1. The Morgan fingerprint density at radius 2 is 1.82 bits per heavy atom. The van der Waals surface area contributed by atoms with Gasteiger partial charge in [-0.05, 0) is 68.8 Å². The Bertz CT molecular complexity index is 1100. The first-order valence-electron chi connectivity index (χ1n) is 11.2. The van der Waals surface area contributed by atoms with Crippen molar-refractivity contribution in [3.63, 3.8) is 0 Å². The summed E-state index contributed by atoms with van der Waals surface area (Å²) in [4.78, 5) is 41.6. The fourth-order valence-electron chi connectivity index (χ4n) is 4.35. The van der Waals surface area contributed by atoms with Crippen molar-refractivity contribution in [3.8, 4) is 0 Å². The number of likely N-dealkylation sites (tertiary alicyclic amines) is 1. The molecule has 2 heterocycles. The van der Waals surface area contributed by atoms with E-state index in [2.05, 4.69) is 16.0 Å². The van der Waals surface area contributed by atoms with Crippen LogP contribution < -0.4 is 20.9 Å². The molecule has 3 N–H and O–H groups in total. The molecule has 2 saturated heterocycles. The molecule has 0 bridgehead atoms. The predicted molar refractivity (Wildman–Crippen MR) is 130 cm³/mol. The van der Waals surface area contributed by atoms with Crippen molar-refractivity contribution in [2.24, 2.45) is 0 Å². The molecule has 4 amide bonds. The van der Waals surface area contributed by atoms with Gasteiger partial charge < -0.3 is 25.8 Å². The molecule has 8 nitrogen and oxygen atoms in total. The Morgan fingerprint density at radius 1 is 1.06 bits per heavy atom. The summed E-state index contributed by atoms with van der Waals surface area (Å²) in [6.45, 7) is 1.41. The lowest BCUT2D eigenvalue weighted by Crippen LogP contribution is -2.59. The maximum atomic E-state index is 14.9. The molecule has 0 aromatic heterocycles. The largest absolute Gasteiger partial charge is 0.322 e. The van der Waals surface area contributed by atoms with Gasteiger partial charge >= 0.3 is 6.03 Å². The van der Waals surface area contributed by atoms with Crippen LogP contribution in [0.2, 0.25) is 5.02 Å². The standard InChI is InChI=1S/C24H27ClFN5O3/c1-30-13-11-24(15-30,29-23(34)27-17-7-5-16(25)6-8-17)22(33)28-20-10-9-18(14-19(20)26)31-12-3-2-4-21(31)32/h5-10,14H,2-4,11-13,15H2,1H3,(H,28,33)(H2,27,29,34). The molecule has 1 atom stereocenters. The lowest BCUT2D eigenvalue weighted by Gasteiger charge is -2.30. The van der Waals surface area contributed by atoms with Gasteiger partial charge in [-0.1, -0.05) is 11.6 Å². The van der Waals surface area contributed by atoms with E-state index in [-0.39, 0.29) is 18.1 Å². The summed E-state index contributed by atoms with van der Waals surface area (Å²) in [7, 11) is 1.85. The molecule has 1 unspecified atom stereocenters. The SMILES string of the molecule is CN1CCC(NC(=O)Nc2ccc(Cl)cc2)(C(=O)Nc2ccc(N3CCCCC3=O)cc2F)C1. The van der Waals surface area contributed by atoms with Gasteiger partial charge in [-0.15, -0.1) is 0 Å². The van der Waals surface area contributed by atoms with Crippen molar-refractivity contribution >= 4 is 46.5 Å². The maximum absolute atomic E-state index is 14.9. The average molecular weight is 488 g/mol. The van der Waals surface area contributed by atoms with Crippen molar-refractivity contribution in [2.75, 3.05) is 42.2 Å². The van der Waals surface area contributed by atoms with E-state index in [0.717, 1.165) is 12.8 Å². The summed E-state index contributed by atoms with van der Waals surface area (Å²) in [5.41, 5.74) is -0.250. The van der Waals surface area contributed by atoms with Gasteiger partial charge in [-0.2, -0.15) is 0 Å². The van der Waals surface area contributed by atoms with Crippen LogP contribution in [-0.4, -0.2) is 55.0 Å². The number of amides is 4. The normalized spacial score (nSPS) is 20.8. The molecule has 0 spiro atoms. The smallest absolute Gasteiger partial charge is 0.320 e. The van der Waals surface area contributed by atoms with Crippen LogP contribution >= 0.6 is 11.6 Å². The lowest BCUT2D eigenvalue weighted by molar-refractivity contribution is -0.121. The van der Waals surface area contributed by atoms with Crippen LogP contribution in [0.1, 0.15) is 25.7 Å². The summed E-state index contributed by atoms with van der Waals surface area (Å²) in [6.07, 6.45) is 2.51. The summed E-state index contributed by atoms with van der Waals surface area (Å²) in [6, 6.07) is 10.4. The van der Waals surface area contributed by atoms with Crippen LogP contribution in [0.4, 0.5) is 26.2 Å². The van der Waals surface area contributed by atoms with Crippen LogP contribution in [-0.2, 0) is 9.59 Å². The zero-order valence-corrected chi connectivity index (χ0v) is 19.6. The van der Waals surface area contributed by atoms with E-state index in [4.69, 9.17) is 11.6 Å². The van der Waals surface area contributed by atoms with Gasteiger partial charge in [-0.3, -0.25) is 9.59 Å². The highest BCUT2D eigenvalue weighted by molar-refractivity contribution is 6.30. The number of anilines is 3. The van der Waals surface area contributed by atoms with E-state index in [1.165, 1.54) is 12.1 Å². The Morgan fingerprint density at radius 3 is 2.47 bits per heavy atom. The van der Waals surface area contributed by atoms with Gasteiger partial charge in [-0.25, -0.2) is 9.18 Å². The van der Waals surface area contributed by atoms with Crippen molar-refractivity contribution in [1.29, 1.82) is 0 Å². The number of rotatable bonds is 5. The number of hydrogen-bond donors (Lipinski definition) is 3. The van der Waals surface area contributed by atoms with E-state index < -0.39 is 23.3 Å². The van der Waals surface area contributed by atoms with E-state index in [9.17, 15) is 18.8 Å². The third-order valence-electron chi connectivity index (χ3n) is 6.19. The molecule has 2 fully saturated rings. The maximum Gasteiger partial charge on any atom is 0.320 e. The quantitative estimate of drug-likeness (QED) is 0.597. The van der Waals surface area contributed by atoms with E-state index in [1.54, 1.807) is 35.2 Å². The molecule has 34 heavy (non-hydrogen) atoms. The summed E-state index contributed by atoms with van der Waals surface area (Å²) in [5, 5.41) is 8.64. The predicted octanol–water partition coefficient (Wildman–Crippen LogP) is 3.83. The zero-order chi connectivity index (χ0) is 24.3. The second-order valence-electron chi connectivity index (χ2n) is 8.78. The first kappa shape index (κ1) is 24.0. The summed E-state index contributed by atoms with van der Waals surface area (Å²) >= 11 is 5.88. The third-order valence-corrected chi connectivity index (χ3v) is 6.44. The molecular weight excluding hydrogens is 461 g/mol. The summed E-state index contributed by atoms with van der Waals surface area (Å²) < 4.78 is 14.9. The Kier molecular flexibility index (Phi) is 7.04. The van der Waals surface area contributed by atoms with Gasteiger partial charge in [0.25, 0.3) is 5.91 Å². The molecule has 0 radical (unpaired) electrons. The molecule has 10 heteroatoms. The minimum Gasteiger partial charge on any atom is -0.322 e. The number of carbonyl (C=O) groups is 3. The van der Waals surface area contributed by atoms with Gasteiger partial charge in [0.1, 0.15) is 11.4 Å². The number of benzene rings is 2. The molecule has 2 aromatic rings. The van der Waals surface area contributed by atoms with Gasteiger partial charge in [0.2, 0.25) is 5.91 Å². The van der Waals surface area contributed by atoms with Crippen molar-refractivity contribution in [1.82, 2.24) is 10.2 Å². The molecule has 0 aliphatic carbocycles. The highest BCUT2D eigenvalue weighted by atomic mass is 35.5. The third kappa shape index (κ3) is 5.31. The number of carbonyl (C=O) groups excluding carboxylic acids is 3. The number of hydrogen-bond acceptors (Lipinski definition) is 4. The highest BCUT2D eigenvalue weighted by Gasteiger charge is 2.45. The van der Waals surface area contributed by atoms with E-state index in [0.29, 0.717) is 42.3 Å². The molecule has 2 aromatic carbocycles. The second kappa shape index (κ2) is 9.99. The van der Waals surface area contributed by atoms with Crippen molar-refractivity contribution in [3.05, 3.63) is 53.3 Å². The van der Waals surface area contributed by atoms with Crippen LogP contribution in [0.5, 0.6) is 0 Å². The fraction of sp³-hybridized carbons (Fsp3) is 0.375. The van der Waals surface area contributed by atoms with Crippen LogP contribution in [0, 0.1) is 5.82 Å². The monoisotopic (exact) mass is 487 g/mol. The van der Waals surface area contributed by atoms with Gasteiger partial charge in [0.05, 0.1) is 5.69 Å². The second-order valence-corrected chi connectivity index (χ2v) is 9.21. The van der Waals surface area contributed by atoms with Gasteiger partial charge in [0, 0.05) is 42.5 Å². The number of halogens is 2. The van der Waals surface area contributed by atoms with Crippen LogP contribution in [0.3, 0.4) is 0 Å². The first-order chi connectivity index (χ1) is 16.3. The topological polar surface area (TPSA) is 93.8 Å². The summed E-state index contributed by atoms with van der Waals surface area (Å²) in [5.74, 6) is -1.19. The van der Waals surface area contributed by atoms with Crippen molar-refractivity contribution < 1.29 is 18.8 Å².